The molecule has 0 aliphatic heterocycles. The molecule has 0 saturated heterocycles. The molecule has 2 aromatic heterocycles. The molecule has 4 aromatic rings. The molecule has 7 nitrogen and oxygen atoms in total. The van der Waals surface area contributed by atoms with E-state index in [0.29, 0.717) is 28.0 Å². The minimum absolute atomic E-state index is 0.197. The Morgan fingerprint density at radius 1 is 1.19 bits per heavy atom. The van der Waals surface area contributed by atoms with Crippen LogP contribution in [0.2, 0.25) is 0 Å². The van der Waals surface area contributed by atoms with E-state index >= 15 is 0 Å². The number of nitrogens with one attached hydrogen (secondary N) is 1. The van der Waals surface area contributed by atoms with Crippen LogP contribution in [0.3, 0.4) is 0 Å². The van der Waals surface area contributed by atoms with E-state index in [9.17, 15) is 4.79 Å². The number of hydrogen-bond donors (Lipinski definition) is 1. The van der Waals surface area contributed by atoms with Gasteiger partial charge in [-0.25, -0.2) is 0 Å². The van der Waals surface area contributed by atoms with Crippen molar-refractivity contribution in [1.82, 2.24) is 14.8 Å². The second-order valence-corrected chi connectivity index (χ2v) is 8.99. The SMILES string of the molecule is COc1ccccc1-n1c(SC(C)C(=O)Nc2cccc(C#N)c2)nnc1-c1cccs1. The first-order chi connectivity index (χ1) is 15.6. The van der Waals surface area contributed by atoms with Crippen LogP contribution in [0.15, 0.2) is 71.2 Å². The number of anilines is 1. The second-order valence-electron chi connectivity index (χ2n) is 6.73. The van der Waals surface area contributed by atoms with Crippen LogP contribution >= 0.6 is 23.1 Å². The van der Waals surface area contributed by atoms with Gasteiger partial charge in [0.2, 0.25) is 5.91 Å². The van der Waals surface area contributed by atoms with Crippen molar-refractivity contribution >= 4 is 34.7 Å². The van der Waals surface area contributed by atoms with Crippen LogP contribution in [-0.4, -0.2) is 33.0 Å². The normalized spacial score (nSPS) is 11.5. The predicted octanol–water partition coefficient (Wildman–Crippen LogP) is 5.00. The quantitative estimate of drug-likeness (QED) is 0.390. The minimum Gasteiger partial charge on any atom is -0.495 e. The number of nitriles is 1. The van der Waals surface area contributed by atoms with E-state index < -0.39 is 5.25 Å². The highest BCUT2D eigenvalue weighted by atomic mass is 32.2. The van der Waals surface area contributed by atoms with Crippen LogP contribution in [0, 0.1) is 11.3 Å². The molecule has 0 fully saturated rings. The van der Waals surface area contributed by atoms with Gasteiger partial charge >= 0.3 is 0 Å². The van der Waals surface area contributed by atoms with Gasteiger partial charge in [-0.05, 0) is 48.7 Å². The molecule has 0 radical (unpaired) electrons. The third-order valence-corrected chi connectivity index (χ3v) is 6.52. The zero-order valence-corrected chi connectivity index (χ0v) is 19.0. The van der Waals surface area contributed by atoms with Crippen molar-refractivity contribution in [3.8, 4) is 28.2 Å². The summed E-state index contributed by atoms with van der Waals surface area (Å²) in [6, 6.07) is 20.5. The van der Waals surface area contributed by atoms with Crippen molar-refractivity contribution in [2.75, 3.05) is 12.4 Å². The summed E-state index contributed by atoms with van der Waals surface area (Å²) in [4.78, 5) is 13.8. The number of hydrogen-bond acceptors (Lipinski definition) is 7. The van der Waals surface area contributed by atoms with Gasteiger partial charge in [0.15, 0.2) is 11.0 Å². The Morgan fingerprint density at radius 2 is 2.03 bits per heavy atom. The standard InChI is InChI=1S/C23H19N5O2S2/c1-15(22(29)25-17-8-5-7-16(13-17)14-24)32-23-27-26-21(20-11-6-12-31-20)28(23)18-9-3-4-10-19(18)30-2/h3-13,15H,1-2H3,(H,25,29). The highest BCUT2D eigenvalue weighted by Gasteiger charge is 2.23. The maximum Gasteiger partial charge on any atom is 0.237 e. The number of benzene rings is 2. The number of thiophene rings is 1. The fraction of sp³-hybridized carbons (Fsp3) is 0.130. The molecule has 9 heteroatoms. The molecule has 0 aliphatic rings. The molecule has 1 atom stereocenters. The lowest BCUT2D eigenvalue weighted by molar-refractivity contribution is -0.115. The van der Waals surface area contributed by atoms with Crippen LogP contribution in [0.25, 0.3) is 16.4 Å². The number of carbonyl (C=O) groups is 1. The summed E-state index contributed by atoms with van der Waals surface area (Å²) in [5.74, 6) is 1.16. The maximum atomic E-state index is 12.8. The van der Waals surface area contributed by atoms with Crippen LogP contribution < -0.4 is 10.1 Å². The fourth-order valence-electron chi connectivity index (χ4n) is 3.07. The monoisotopic (exact) mass is 461 g/mol. The van der Waals surface area contributed by atoms with Crippen LogP contribution in [0.1, 0.15) is 12.5 Å². The molecule has 0 aliphatic carbocycles. The summed E-state index contributed by atoms with van der Waals surface area (Å²) < 4.78 is 7.47. The first-order valence-corrected chi connectivity index (χ1v) is 11.5. The third kappa shape index (κ3) is 4.51. The molecule has 4 rings (SSSR count). The smallest absolute Gasteiger partial charge is 0.237 e. The van der Waals surface area contributed by atoms with Crippen molar-refractivity contribution in [3.05, 3.63) is 71.6 Å². The number of ether oxygens (including phenoxy) is 1. The van der Waals surface area contributed by atoms with Gasteiger partial charge in [-0.15, -0.1) is 21.5 Å². The van der Waals surface area contributed by atoms with Crippen molar-refractivity contribution in [2.24, 2.45) is 0 Å². The van der Waals surface area contributed by atoms with E-state index in [1.54, 1.807) is 49.6 Å². The number of aromatic nitrogens is 3. The van der Waals surface area contributed by atoms with Gasteiger partial charge in [0.05, 0.1) is 34.6 Å². The first kappa shape index (κ1) is 21.6. The molecule has 2 heterocycles. The summed E-state index contributed by atoms with van der Waals surface area (Å²) >= 11 is 2.86. The third-order valence-electron chi connectivity index (χ3n) is 4.61. The van der Waals surface area contributed by atoms with Crippen molar-refractivity contribution in [3.63, 3.8) is 0 Å². The Bertz CT molecular complexity index is 1280. The molecule has 0 spiro atoms. The van der Waals surface area contributed by atoms with Crippen LogP contribution in [0.5, 0.6) is 5.75 Å². The zero-order chi connectivity index (χ0) is 22.5. The second kappa shape index (κ2) is 9.68. The predicted molar refractivity (Wildman–Crippen MR) is 126 cm³/mol. The summed E-state index contributed by atoms with van der Waals surface area (Å²) in [6.45, 7) is 1.81. The molecular weight excluding hydrogens is 442 g/mol. The van der Waals surface area contributed by atoms with Crippen LogP contribution in [-0.2, 0) is 4.79 Å². The Kier molecular flexibility index (Phi) is 6.54. The van der Waals surface area contributed by atoms with Gasteiger partial charge in [0.1, 0.15) is 5.75 Å². The molecular formula is C23H19N5O2S2. The van der Waals surface area contributed by atoms with Crippen molar-refractivity contribution < 1.29 is 9.53 Å². The zero-order valence-electron chi connectivity index (χ0n) is 17.4. The largest absolute Gasteiger partial charge is 0.495 e. The van der Waals surface area contributed by atoms with Gasteiger partial charge in [-0.2, -0.15) is 5.26 Å². The summed E-state index contributed by atoms with van der Waals surface area (Å²) in [5, 5.41) is 22.8. The molecule has 1 amide bonds. The fourth-order valence-corrected chi connectivity index (χ4v) is 4.62. The van der Waals surface area contributed by atoms with Crippen LogP contribution in [0.4, 0.5) is 5.69 Å². The molecule has 0 saturated carbocycles. The maximum absolute atomic E-state index is 12.8. The van der Waals surface area contributed by atoms with E-state index in [2.05, 4.69) is 21.6 Å². The Balaban J connectivity index is 1.65. The lowest BCUT2D eigenvalue weighted by Gasteiger charge is -2.15. The Hall–Kier alpha value is -3.61. The summed E-state index contributed by atoms with van der Waals surface area (Å²) in [5.41, 5.74) is 1.85. The number of methoxy groups -OCH3 is 1. The van der Waals surface area contributed by atoms with E-state index in [1.165, 1.54) is 11.8 Å². The Labute approximate surface area is 193 Å². The number of thioether (sulfide) groups is 1. The average molecular weight is 462 g/mol. The number of nitrogens with zero attached hydrogens (tertiary/aromatic N) is 4. The lowest BCUT2D eigenvalue weighted by Crippen LogP contribution is -2.23. The summed E-state index contributed by atoms with van der Waals surface area (Å²) in [7, 11) is 1.62. The van der Waals surface area contributed by atoms with Gasteiger partial charge in [0.25, 0.3) is 0 Å². The lowest BCUT2D eigenvalue weighted by atomic mass is 10.2. The van der Waals surface area contributed by atoms with E-state index in [4.69, 9.17) is 10.00 Å². The number of rotatable bonds is 7. The van der Waals surface area contributed by atoms with Gasteiger partial charge in [-0.1, -0.05) is 36.0 Å². The molecule has 0 bridgehead atoms. The van der Waals surface area contributed by atoms with Gasteiger partial charge in [0, 0.05) is 5.69 Å². The van der Waals surface area contributed by atoms with E-state index in [-0.39, 0.29) is 5.91 Å². The van der Waals surface area contributed by atoms with E-state index in [1.807, 2.05) is 46.3 Å². The number of carbonyl (C=O) groups excluding carboxylic acids is 1. The Morgan fingerprint density at radius 3 is 2.78 bits per heavy atom. The molecule has 1 unspecified atom stereocenters. The number of para-hydroxylation sites is 2. The van der Waals surface area contributed by atoms with Crippen molar-refractivity contribution in [2.45, 2.75) is 17.3 Å². The number of amides is 1. The summed E-state index contributed by atoms with van der Waals surface area (Å²) in [6.07, 6.45) is 0. The van der Waals surface area contributed by atoms with E-state index in [0.717, 1.165) is 10.6 Å². The molecule has 160 valence electrons. The average Bonchev–Trinajstić information content (AvgIpc) is 3.49. The highest BCUT2D eigenvalue weighted by Crippen LogP contribution is 2.35. The van der Waals surface area contributed by atoms with Gasteiger partial charge < -0.3 is 10.1 Å². The minimum atomic E-state index is -0.463. The topological polar surface area (TPSA) is 92.8 Å². The molecule has 2 aromatic carbocycles. The molecule has 32 heavy (non-hydrogen) atoms. The highest BCUT2D eigenvalue weighted by molar-refractivity contribution is 8.00. The molecule has 1 N–H and O–H groups in total. The first-order valence-electron chi connectivity index (χ1n) is 9.71. The van der Waals surface area contributed by atoms with Gasteiger partial charge in [-0.3, -0.25) is 9.36 Å². The van der Waals surface area contributed by atoms with Crippen molar-refractivity contribution in [1.29, 1.82) is 5.26 Å².